The van der Waals surface area contributed by atoms with Gasteiger partial charge in [0.05, 0.1) is 12.1 Å². The van der Waals surface area contributed by atoms with Gasteiger partial charge in [-0.05, 0) is 20.2 Å². The number of rotatable bonds is 4. The molecule has 1 aromatic rings. The minimum atomic E-state index is -0.894. The second-order valence-electron chi connectivity index (χ2n) is 3.88. The van der Waals surface area contributed by atoms with Gasteiger partial charge in [-0.25, -0.2) is 8.78 Å². The maximum absolute atomic E-state index is 13.5. The molecule has 1 rings (SSSR count). The van der Waals surface area contributed by atoms with Crippen LogP contribution in [0.3, 0.4) is 0 Å². The van der Waals surface area contributed by atoms with Gasteiger partial charge < -0.3 is 10.8 Å². The molecule has 1 aromatic carbocycles. The first-order valence-corrected chi connectivity index (χ1v) is 4.97. The highest BCUT2D eigenvalue weighted by Crippen LogP contribution is 2.24. The van der Waals surface area contributed by atoms with E-state index >= 15 is 0 Å². The number of nitrogens with two attached hydrogens (primary N) is 1. The summed E-state index contributed by atoms with van der Waals surface area (Å²) in [6.07, 6.45) is -0.894. The summed E-state index contributed by atoms with van der Waals surface area (Å²) >= 11 is 0. The summed E-state index contributed by atoms with van der Waals surface area (Å²) in [4.78, 5) is 1.65. The fourth-order valence-electron chi connectivity index (χ4n) is 1.70. The van der Waals surface area contributed by atoms with Gasteiger partial charge in [-0.15, -0.1) is 0 Å². The zero-order chi connectivity index (χ0) is 12.3. The SMILES string of the molecule is CN(C)C(c1ccc(F)cc1F)C(O)CN. The van der Waals surface area contributed by atoms with Crippen molar-refractivity contribution in [3.8, 4) is 0 Å². The summed E-state index contributed by atoms with van der Waals surface area (Å²) < 4.78 is 26.3. The van der Waals surface area contributed by atoms with Gasteiger partial charge in [0.2, 0.25) is 0 Å². The monoisotopic (exact) mass is 230 g/mol. The van der Waals surface area contributed by atoms with Crippen molar-refractivity contribution in [1.82, 2.24) is 4.90 Å². The molecule has 0 aliphatic rings. The molecule has 0 heterocycles. The number of benzene rings is 1. The Hall–Kier alpha value is -1.04. The van der Waals surface area contributed by atoms with Crippen molar-refractivity contribution in [2.75, 3.05) is 20.6 Å². The lowest BCUT2D eigenvalue weighted by atomic mass is 9.99. The van der Waals surface area contributed by atoms with E-state index in [1.807, 2.05) is 0 Å². The van der Waals surface area contributed by atoms with Crippen molar-refractivity contribution >= 4 is 0 Å². The van der Waals surface area contributed by atoms with Gasteiger partial charge in [0.15, 0.2) is 0 Å². The molecule has 0 aliphatic carbocycles. The van der Waals surface area contributed by atoms with Gasteiger partial charge in [0, 0.05) is 18.2 Å². The van der Waals surface area contributed by atoms with Crippen molar-refractivity contribution < 1.29 is 13.9 Å². The van der Waals surface area contributed by atoms with Crippen LogP contribution in [0.1, 0.15) is 11.6 Å². The van der Waals surface area contributed by atoms with Crippen molar-refractivity contribution in [2.24, 2.45) is 5.73 Å². The molecule has 3 nitrogen and oxygen atoms in total. The number of likely N-dealkylation sites (N-methyl/N-ethyl adjacent to an activating group) is 1. The first-order chi connectivity index (χ1) is 7.47. The Kier molecular flexibility index (Phi) is 4.35. The van der Waals surface area contributed by atoms with Crippen LogP contribution >= 0.6 is 0 Å². The summed E-state index contributed by atoms with van der Waals surface area (Å²) in [5, 5.41) is 9.71. The molecule has 0 saturated carbocycles. The van der Waals surface area contributed by atoms with Crippen molar-refractivity contribution in [1.29, 1.82) is 0 Å². The maximum Gasteiger partial charge on any atom is 0.131 e. The van der Waals surface area contributed by atoms with E-state index in [9.17, 15) is 13.9 Å². The molecule has 0 aliphatic heterocycles. The second kappa shape index (κ2) is 5.34. The van der Waals surface area contributed by atoms with Crippen molar-refractivity contribution in [3.63, 3.8) is 0 Å². The molecule has 0 radical (unpaired) electrons. The summed E-state index contributed by atoms with van der Waals surface area (Å²) in [7, 11) is 3.40. The van der Waals surface area contributed by atoms with Gasteiger partial charge in [-0.2, -0.15) is 0 Å². The highest BCUT2D eigenvalue weighted by atomic mass is 19.1. The minimum absolute atomic E-state index is 0.0136. The van der Waals surface area contributed by atoms with E-state index in [1.165, 1.54) is 6.07 Å². The summed E-state index contributed by atoms with van der Waals surface area (Å²) in [5.41, 5.74) is 5.59. The maximum atomic E-state index is 13.5. The quantitative estimate of drug-likeness (QED) is 0.807. The Morgan fingerprint density at radius 2 is 2.00 bits per heavy atom. The lowest BCUT2D eigenvalue weighted by molar-refractivity contribution is 0.0801. The van der Waals surface area contributed by atoms with E-state index in [0.717, 1.165) is 12.1 Å². The zero-order valence-electron chi connectivity index (χ0n) is 9.32. The van der Waals surface area contributed by atoms with Crippen LogP contribution in [0.2, 0.25) is 0 Å². The third-order valence-electron chi connectivity index (χ3n) is 2.44. The first kappa shape index (κ1) is 13.0. The highest BCUT2D eigenvalue weighted by Gasteiger charge is 2.25. The zero-order valence-corrected chi connectivity index (χ0v) is 9.32. The van der Waals surface area contributed by atoms with E-state index in [2.05, 4.69) is 0 Å². The molecule has 0 bridgehead atoms. The van der Waals surface area contributed by atoms with Gasteiger partial charge >= 0.3 is 0 Å². The number of aliphatic hydroxyl groups excluding tert-OH is 1. The predicted octanol–water partition coefficient (Wildman–Crippen LogP) is 0.887. The van der Waals surface area contributed by atoms with Crippen LogP contribution < -0.4 is 5.73 Å². The average molecular weight is 230 g/mol. The smallest absolute Gasteiger partial charge is 0.131 e. The van der Waals surface area contributed by atoms with Crippen LogP contribution in [-0.2, 0) is 0 Å². The predicted molar refractivity (Wildman–Crippen MR) is 57.8 cm³/mol. The third kappa shape index (κ3) is 2.75. The molecule has 0 fully saturated rings. The van der Waals surface area contributed by atoms with Gasteiger partial charge in [-0.3, -0.25) is 4.90 Å². The van der Waals surface area contributed by atoms with E-state index in [-0.39, 0.29) is 12.1 Å². The fourth-order valence-corrected chi connectivity index (χ4v) is 1.70. The topological polar surface area (TPSA) is 49.5 Å². The molecule has 16 heavy (non-hydrogen) atoms. The van der Waals surface area contributed by atoms with E-state index in [0.29, 0.717) is 0 Å². The highest BCUT2D eigenvalue weighted by molar-refractivity contribution is 5.23. The Morgan fingerprint density at radius 3 is 2.44 bits per heavy atom. The van der Waals surface area contributed by atoms with Gasteiger partial charge in [-0.1, -0.05) is 6.07 Å². The first-order valence-electron chi connectivity index (χ1n) is 4.97. The molecule has 90 valence electrons. The van der Waals surface area contributed by atoms with E-state index < -0.39 is 23.8 Å². The second-order valence-corrected chi connectivity index (χ2v) is 3.88. The number of nitrogens with zero attached hydrogens (tertiary/aromatic N) is 1. The standard InChI is InChI=1S/C11H16F2N2O/c1-15(2)11(10(16)6-14)8-4-3-7(12)5-9(8)13/h3-5,10-11,16H,6,14H2,1-2H3. The Labute approximate surface area is 93.5 Å². The number of aliphatic hydroxyl groups is 1. The Morgan fingerprint density at radius 1 is 1.38 bits per heavy atom. The molecule has 5 heteroatoms. The molecule has 2 atom stereocenters. The van der Waals surface area contributed by atoms with Crippen LogP contribution in [0.4, 0.5) is 8.78 Å². The summed E-state index contributed by atoms with van der Waals surface area (Å²) in [6.45, 7) is 0.0136. The Balaban J connectivity index is 3.11. The van der Waals surface area contributed by atoms with Gasteiger partial charge in [0.1, 0.15) is 11.6 Å². The molecular formula is C11H16F2N2O. The third-order valence-corrected chi connectivity index (χ3v) is 2.44. The lowest BCUT2D eigenvalue weighted by Gasteiger charge is -2.29. The average Bonchev–Trinajstić information content (AvgIpc) is 2.21. The van der Waals surface area contributed by atoms with Crippen LogP contribution in [0.25, 0.3) is 0 Å². The largest absolute Gasteiger partial charge is 0.390 e. The molecule has 3 N–H and O–H groups in total. The van der Waals surface area contributed by atoms with E-state index in [4.69, 9.17) is 5.73 Å². The molecule has 0 amide bonds. The molecular weight excluding hydrogens is 214 g/mol. The molecule has 0 spiro atoms. The molecule has 0 aromatic heterocycles. The fraction of sp³-hybridized carbons (Fsp3) is 0.455. The number of hydrogen-bond acceptors (Lipinski definition) is 3. The Bertz CT molecular complexity index is 358. The minimum Gasteiger partial charge on any atom is -0.390 e. The summed E-state index contributed by atoms with van der Waals surface area (Å²) in [6, 6.07) is 2.71. The van der Waals surface area contributed by atoms with E-state index in [1.54, 1.807) is 19.0 Å². The number of hydrogen-bond donors (Lipinski definition) is 2. The molecule has 2 unspecified atom stereocenters. The van der Waals surface area contributed by atoms with Crippen LogP contribution in [0.5, 0.6) is 0 Å². The van der Waals surface area contributed by atoms with Crippen molar-refractivity contribution in [2.45, 2.75) is 12.1 Å². The van der Waals surface area contributed by atoms with Crippen LogP contribution in [0.15, 0.2) is 18.2 Å². The van der Waals surface area contributed by atoms with Crippen LogP contribution in [0, 0.1) is 11.6 Å². The number of halogens is 2. The van der Waals surface area contributed by atoms with Gasteiger partial charge in [0.25, 0.3) is 0 Å². The summed E-state index contributed by atoms with van der Waals surface area (Å²) in [5.74, 6) is -1.31. The normalized spacial score (nSPS) is 15.2. The lowest BCUT2D eigenvalue weighted by Crippen LogP contribution is -2.36. The molecule has 0 saturated heterocycles. The van der Waals surface area contributed by atoms with Crippen molar-refractivity contribution in [3.05, 3.63) is 35.4 Å². The van der Waals surface area contributed by atoms with Crippen LogP contribution in [-0.4, -0.2) is 36.8 Å².